The summed E-state index contributed by atoms with van der Waals surface area (Å²) in [6, 6.07) is 0. The van der Waals surface area contributed by atoms with Crippen molar-refractivity contribution in [3.05, 3.63) is 11.6 Å². The van der Waals surface area contributed by atoms with E-state index in [4.69, 9.17) is 0 Å². The van der Waals surface area contributed by atoms with Crippen LogP contribution in [-0.4, -0.2) is 31.6 Å². The Morgan fingerprint density at radius 1 is 1.38 bits per heavy atom. The Morgan fingerprint density at radius 3 is 2.62 bits per heavy atom. The average Bonchev–Trinajstić information content (AvgIpc) is 2.58. The first-order valence-electron chi connectivity index (χ1n) is 4.81. The lowest BCUT2D eigenvalue weighted by molar-refractivity contribution is -0.145. The smallest absolute Gasteiger partial charge is 0.283 e. The number of alkyl halides is 3. The Kier molecular flexibility index (Phi) is 2.87. The van der Waals surface area contributed by atoms with E-state index >= 15 is 0 Å². The standard InChI is InChI=1S/C8H11F3N4S/c1-5(16)14-2-3-15-6(4-14)12-7(13-15)8(9,10)11/h5,16H,2-4H2,1H3/t5-/m0/s1. The number of nitrogens with zero attached hydrogens (tertiary/aromatic N) is 4. The zero-order chi connectivity index (χ0) is 11.9. The third-order valence-corrected chi connectivity index (χ3v) is 2.80. The highest BCUT2D eigenvalue weighted by Gasteiger charge is 2.38. The third kappa shape index (κ3) is 2.17. The van der Waals surface area contributed by atoms with Gasteiger partial charge in [0.1, 0.15) is 5.82 Å². The van der Waals surface area contributed by atoms with Gasteiger partial charge in [-0.15, -0.1) is 5.10 Å². The fourth-order valence-corrected chi connectivity index (χ4v) is 1.79. The number of fused-ring (bicyclic) bond motifs is 1. The van der Waals surface area contributed by atoms with Crippen molar-refractivity contribution in [3.8, 4) is 0 Å². The second-order valence-corrected chi connectivity index (χ2v) is 4.42. The lowest BCUT2D eigenvalue weighted by Crippen LogP contribution is -2.37. The zero-order valence-electron chi connectivity index (χ0n) is 8.57. The fraction of sp³-hybridized carbons (Fsp3) is 0.750. The van der Waals surface area contributed by atoms with Gasteiger partial charge in [0.2, 0.25) is 0 Å². The van der Waals surface area contributed by atoms with Crippen molar-refractivity contribution in [1.29, 1.82) is 0 Å². The maximum Gasteiger partial charge on any atom is 0.453 e. The zero-order valence-corrected chi connectivity index (χ0v) is 9.46. The van der Waals surface area contributed by atoms with Gasteiger partial charge in [0.15, 0.2) is 0 Å². The quantitative estimate of drug-likeness (QED) is 0.767. The summed E-state index contributed by atoms with van der Waals surface area (Å²) in [4.78, 5) is 5.44. The Bertz CT molecular complexity index is 387. The van der Waals surface area contributed by atoms with Crippen LogP contribution >= 0.6 is 12.6 Å². The molecule has 0 unspecified atom stereocenters. The summed E-state index contributed by atoms with van der Waals surface area (Å²) in [6.45, 7) is 3.29. The topological polar surface area (TPSA) is 34.0 Å². The highest BCUT2D eigenvalue weighted by Crippen LogP contribution is 2.27. The summed E-state index contributed by atoms with van der Waals surface area (Å²) < 4.78 is 38.4. The predicted octanol–water partition coefficient (Wildman–Crippen LogP) is 1.39. The maximum atomic E-state index is 12.4. The first-order chi connectivity index (χ1) is 7.38. The molecule has 0 aliphatic carbocycles. The average molecular weight is 252 g/mol. The van der Waals surface area contributed by atoms with Crippen molar-refractivity contribution >= 4 is 12.6 Å². The molecule has 0 amide bonds. The first-order valence-corrected chi connectivity index (χ1v) is 5.32. The Balaban J connectivity index is 2.23. The molecule has 8 heteroatoms. The van der Waals surface area contributed by atoms with E-state index in [2.05, 4.69) is 22.7 Å². The van der Waals surface area contributed by atoms with E-state index in [-0.39, 0.29) is 5.37 Å². The normalized spacial score (nSPS) is 19.6. The lowest BCUT2D eigenvalue weighted by atomic mass is 10.3. The Hall–Kier alpha value is -0.760. The van der Waals surface area contributed by atoms with E-state index in [1.54, 1.807) is 0 Å². The molecule has 0 aromatic carbocycles. The summed E-state index contributed by atoms with van der Waals surface area (Å²) in [6.07, 6.45) is -4.47. The molecule has 16 heavy (non-hydrogen) atoms. The molecular weight excluding hydrogens is 241 g/mol. The summed E-state index contributed by atoms with van der Waals surface area (Å²) in [5.74, 6) is -0.712. The fourth-order valence-electron chi connectivity index (χ4n) is 1.59. The molecule has 0 saturated carbocycles. The van der Waals surface area contributed by atoms with Crippen molar-refractivity contribution < 1.29 is 13.2 Å². The predicted molar refractivity (Wildman–Crippen MR) is 53.9 cm³/mol. The van der Waals surface area contributed by atoms with Crippen LogP contribution in [0.2, 0.25) is 0 Å². The molecule has 90 valence electrons. The minimum Gasteiger partial charge on any atom is -0.283 e. The number of thiol groups is 1. The molecule has 2 heterocycles. The molecule has 0 N–H and O–H groups in total. The van der Waals surface area contributed by atoms with E-state index in [0.717, 1.165) is 0 Å². The largest absolute Gasteiger partial charge is 0.453 e. The molecule has 4 nitrogen and oxygen atoms in total. The van der Waals surface area contributed by atoms with Crippen LogP contribution in [0.1, 0.15) is 18.6 Å². The van der Waals surface area contributed by atoms with Gasteiger partial charge in [-0.25, -0.2) is 9.67 Å². The van der Waals surface area contributed by atoms with E-state index in [0.29, 0.717) is 25.5 Å². The van der Waals surface area contributed by atoms with Crippen LogP contribution in [0, 0.1) is 0 Å². The number of halogens is 3. The van der Waals surface area contributed by atoms with Gasteiger partial charge in [0.05, 0.1) is 18.5 Å². The van der Waals surface area contributed by atoms with Crippen LogP contribution in [0.25, 0.3) is 0 Å². The van der Waals surface area contributed by atoms with Crippen LogP contribution < -0.4 is 0 Å². The van der Waals surface area contributed by atoms with Crippen LogP contribution in [0.5, 0.6) is 0 Å². The number of aromatic nitrogens is 3. The van der Waals surface area contributed by atoms with Crippen molar-refractivity contribution in [1.82, 2.24) is 19.7 Å². The summed E-state index contributed by atoms with van der Waals surface area (Å²) in [5, 5.41) is 3.44. The monoisotopic (exact) mass is 252 g/mol. The number of rotatable bonds is 1. The van der Waals surface area contributed by atoms with Gasteiger partial charge in [-0.2, -0.15) is 25.8 Å². The van der Waals surface area contributed by atoms with Crippen molar-refractivity contribution in [2.75, 3.05) is 6.54 Å². The van der Waals surface area contributed by atoms with Crippen LogP contribution in [0.4, 0.5) is 13.2 Å². The van der Waals surface area contributed by atoms with Crippen LogP contribution in [0.3, 0.4) is 0 Å². The van der Waals surface area contributed by atoms with Crippen molar-refractivity contribution in [2.45, 2.75) is 31.6 Å². The second-order valence-electron chi connectivity index (χ2n) is 3.67. The summed E-state index contributed by atoms with van der Waals surface area (Å²) >= 11 is 4.24. The van der Waals surface area contributed by atoms with Crippen molar-refractivity contribution in [2.24, 2.45) is 0 Å². The molecule has 2 rings (SSSR count). The SMILES string of the molecule is C[C@H](S)N1CCn2nc(C(F)(F)F)nc2C1. The maximum absolute atomic E-state index is 12.4. The molecule has 0 fully saturated rings. The van der Waals surface area contributed by atoms with E-state index in [1.807, 2.05) is 11.8 Å². The van der Waals surface area contributed by atoms with E-state index in [1.165, 1.54) is 4.68 Å². The third-order valence-electron chi connectivity index (χ3n) is 2.47. The molecule has 0 saturated heterocycles. The van der Waals surface area contributed by atoms with Crippen LogP contribution in [0.15, 0.2) is 0 Å². The van der Waals surface area contributed by atoms with Gasteiger partial charge in [0, 0.05) is 6.54 Å². The van der Waals surface area contributed by atoms with Gasteiger partial charge in [-0.1, -0.05) is 0 Å². The van der Waals surface area contributed by atoms with Gasteiger partial charge in [-0.3, -0.25) is 4.90 Å². The first kappa shape index (κ1) is 11.7. The highest BCUT2D eigenvalue weighted by molar-refractivity contribution is 7.80. The Morgan fingerprint density at radius 2 is 2.06 bits per heavy atom. The number of hydrogen-bond acceptors (Lipinski definition) is 4. The molecule has 0 bridgehead atoms. The van der Waals surface area contributed by atoms with E-state index < -0.39 is 12.0 Å². The number of hydrogen-bond donors (Lipinski definition) is 1. The molecule has 1 aliphatic heterocycles. The van der Waals surface area contributed by atoms with Crippen molar-refractivity contribution in [3.63, 3.8) is 0 Å². The molecule has 1 aromatic heterocycles. The molecule has 0 radical (unpaired) electrons. The molecule has 1 aliphatic rings. The summed E-state index contributed by atoms with van der Waals surface area (Å²) in [5.41, 5.74) is 0. The molecule has 0 spiro atoms. The molecular formula is C8H11F3N4S. The van der Waals surface area contributed by atoms with Crippen LogP contribution in [-0.2, 0) is 19.3 Å². The van der Waals surface area contributed by atoms with Gasteiger partial charge >= 0.3 is 6.18 Å². The minimum atomic E-state index is -4.47. The molecule has 1 aromatic rings. The minimum absolute atomic E-state index is 0.000197. The lowest BCUT2D eigenvalue weighted by Gasteiger charge is -2.29. The second kappa shape index (κ2) is 3.92. The van der Waals surface area contributed by atoms with E-state index in [9.17, 15) is 13.2 Å². The Labute approximate surface area is 95.9 Å². The molecule has 1 atom stereocenters. The van der Waals surface area contributed by atoms with Gasteiger partial charge in [0.25, 0.3) is 5.82 Å². The van der Waals surface area contributed by atoms with Gasteiger partial charge in [-0.05, 0) is 6.92 Å². The van der Waals surface area contributed by atoms with Gasteiger partial charge < -0.3 is 0 Å². The summed E-state index contributed by atoms with van der Waals surface area (Å²) in [7, 11) is 0. The highest BCUT2D eigenvalue weighted by atomic mass is 32.1.